The molecule has 2 aromatic rings. The molecule has 6 nitrogen and oxygen atoms in total. The Labute approximate surface area is 105 Å². The summed E-state index contributed by atoms with van der Waals surface area (Å²) >= 11 is 0. The number of rotatable bonds is 4. The van der Waals surface area contributed by atoms with E-state index in [0.29, 0.717) is 11.1 Å². The van der Waals surface area contributed by atoms with Gasteiger partial charge >= 0.3 is 0 Å². The van der Waals surface area contributed by atoms with E-state index in [1.54, 1.807) is 29.3 Å². The quantitative estimate of drug-likeness (QED) is 0.827. The van der Waals surface area contributed by atoms with Crippen molar-refractivity contribution in [2.24, 2.45) is 5.73 Å². The van der Waals surface area contributed by atoms with Crippen LogP contribution >= 0.6 is 0 Å². The first-order valence-electron chi connectivity index (χ1n) is 5.91. The van der Waals surface area contributed by atoms with Crippen molar-refractivity contribution in [1.29, 1.82) is 0 Å². The predicted octanol–water partition coefficient (Wildman–Crippen LogP) is 0.585. The van der Waals surface area contributed by atoms with E-state index in [9.17, 15) is 4.79 Å². The van der Waals surface area contributed by atoms with E-state index in [1.165, 1.54) is 0 Å². The molecule has 0 aromatic carbocycles. The molecule has 2 rings (SSSR count). The fourth-order valence-electron chi connectivity index (χ4n) is 1.93. The van der Waals surface area contributed by atoms with Crippen molar-refractivity contribution < 1.29 is 4.79 Å². The first kappa shape index (κ1) is 12.5. The van der Waals surface area contributed by atoms with Crippen LogP contribution in [0.5, 0.6) is 0 Å². The Balaban J connectivity index is 2.14. The van der Waals surface area contributed by atoms with Gasteiger partial charge in [0.15, 0.2) is 0 Å². The number of carbonyl (C=O) groups is 1. The van der Waals surface area contributed by atoms with E-state index in [2.05, 4.69) is 15.4 Å². The van der Waals surface area contributed by atoms with Crippen molar-refractivity contribution in [3.8, 4) is 0 Å². The zero-order valence-electron chi connectivity index (χ0n) is 10.5. The fraction of sp³-hybridized carbons (Fsp3) is 0.417. The van der Waals surface area contributed by atoms with Crippen LogP contribution in [-0.2, 0) is 0 Å². The third-order valence-electron chi connectivity index (χ3n) is 2.67. The second-order valence-electron chi connectivity index (χ2n) is 4.55. The van der Waals surface area contributed by atoms with Crippen molar-refractivity contribution in [2.45, 2.75) is 32.4 Å². The summed E-state index contributed by atoms with van der Waals surface area (Å²) in [5.41, 5.74) is 6.93. The number of hydrogen-bond acceptors (Lipinski definition) is 4. The highest BCUT2D eigenvalue weighted by Crippen LogP contribution is 2.09. The van der Waals surface area contributed by atoms with Gasteiger partial charge in [0, 0.05) is 24.5 Å². The van der Waals surface area contributed by atoms with Crippen LogP contribution in [0.3, 0.4) is 0 Å². The lowest BCUT2D eigenvalue weighted by Gasteiger charge is -2.15. The SMILES string of the molecule is CC(N)CC(C)NC(=O)c1cnn2ccncc12. The summed E-state index contributed by atoms with van der Waals surface area (Å²) < 4.78 is 1.62. The molecule has 0 aliphatic rings. The van der Waals surface area contributed by atoms with Gasteiger partial charge in [-0.15, -0.1) is 0 Å². The molecule has 0 aliphatic heterocycles. The van der Waals surface area contributed by atoms with Gasteiger partial charge in [0.05, 0.1) is 23.5 Å². The average molecular weight is 247 g/mol. The molecule has 0 saturated heterocycles. The minimum absolute atomic E-state index is 0.0316. The highest BCUT2D eigenvalue weighted by molar-refractivity contribution is 6.00. The highest BCUT2D eigenvalue weighted by Gasteiger charge is 2.15. The van der Waals surface area contributed by atoms with Gasteiger partial charge in [-0.1, -0.05) is 0 Å². The molecule has 0 saturated carbocycles. The van der Waals surface area contributed by atoms with E-state index >= 15 is 0 Å². The Kier molecular flexibility index (Phi) is 3.57. The number of nitrogens with one attached hydrogen (secondary N) is 1. The molecule has 2 heterocycles. The van der Waals surface area contributed by atoms with Crippen molar-refractivity contribution >= 4 is 11.4 Å². The maximum absolute atomic E-state index is 12.1. The van der Waals surface area contributed by atoms with Gasteiger partial charge in [-0.3, -0.25) is 9.78 Å². The molecule has 0 fully saturated rings. The Hall–Kier alpha value is -1.95. The Morgan fingerprint density at radius 1 is 1.50 bits per heavy atom. The lowest BCUT2D eigenvalue weighted by atomic mass is 10.1. The smallest absolute Gasteiger partial charge is 0.255 e. The van der Waals surface area contributed by atoms with Gasteiger partial charge < -0.3 is 11.1 Å². The molecule has 2 atom stereocenters. The van der Waals surface area contributed by atoms with E-state index in [-0.39, 0.29) is 18.0 Å². The van der Waals surface area contributed by atoms with Gasteiger partial charge in [0.2, 0.25) is 0 Å². The molecule has 1 amide bonds. The monoisotopic (exact) mass is 247 g/mol. The predicted molar refractivity (Wildman–Crippen MR) is 68.2 cm³/mol. The molecular formula is C12H17N5O. The molecule has 0 bridgehead atoms. The normalized spacial score (nSPS) is 14.4. The van der Waals surface area contributed by atoms with Gasteiger partial charge in [-0.2, -0.15) is 5.10 Å². The maximum atomic E-state index is 12.1. The zero-order valence-corrected chi connectivity index (χ0v) is 10.5. The largest absolute Gasteiger partial charge is 0.349 e. The average Bonchev–Trinajstić information content (AvgIpc) is 2.71. The number of hydrogen-bond donors (Lipinski definition) is 2. The van der Waals surface area contributed by atoms with Crippen LogP contribution in [0, 0.1) is 0 Å². The molecule has 2 aromatic heterocycles. The van der Waals surface area contributed by atoms with E-state index < -0.39 is 0 Å². The van der Waals surface area contributed by atoms with E-state index in [0.717, 1.165) is 6.42 Å². The van der Waals surface area contributed by atoms with Crippen molar-refractivity contribution in [2.75, 3.05) is 0 Å². The van der Waals surface area contributed by atoms with Crippen LogP contribution in [-0.4, -0.2) is 32.6 Å². The number of carbonyl (C=O) groups excluding carboxylic acids is 1. The zero-order chi connectivity index (χ0) is 13.1. The molecular weight excluding hydrogens is 230 g/mol. The lowest BCUT2D eigenvalue weighted by molar-refractivity contribution is 0.0939. The minimum atomic E-state index is -0.147. The number of amides is 1. The summed E-state index contributed by atoms with van der Waals surface area (Å²) in [4.78, 5) is 16.1. The molecule has 0 aliphatic carbocycles. The van der Waals surface area contributed by atoms with Gasteiger partial charge in [0.25, 0.3) is 5.91 Å². The van der Waals surface area contributed by atoms with Gasteiger partial charge in [-0.25, -0.2) is 4.52 Å². The summed E-state index contributed by atoms with van der Waals surface area (Å²) in [6, 6.07) is 0.0926. The third-order valence-corrected chi connectivity index (χ3v) is 2.67. The van der Waals surface area contributed by atoms with Crippen LogP contribution in [0.4, 0.5) is 0 Å². The molecule has 6 heteroatoms. The summed E-state index contributed by atoms with van der Waals surface area (Å²) in [5, 5.41) is 7.00. The number of nitrogens with two attached hydrogens (primary N) is 1. The molecule has 0 radical (unpaired) electrons. The first-order valence-corrected chi connectivity index (χ1v) is 5.91. The standard InChI is InChI=1S/C12H17N5O/c1-8(13)5-9(2)16-12(18)10-6-15-17-4-3-14-7-11(10)17/h3-4,6-9H,5,13H2,1-2H3,(H,16,18). The van der Waals surface area contributed by atoms with E-state index in [1.807, 2.05) is 13.8 Å². The molecule has 3 N–H and O–H groups in total. The van der Waals surface area contributed by atoms with Crippen LogP contribution in [0.2, 0.25) is 0 Å². The van der Waals surface area contributed by atoms with Gasteiger partial charge in [0.1, 0.15) is 0 Å². The van der Waals surface area contributed by atoms with Crippen LogP contribution in [0.1, 0.15) is 30.6 Å². The van der Waals surface area contributed by atoms with Crippen LogP contribution < -0.4 is 11.1 Å². The molecule has 2 unspecified atom stereocenters. The summed E-state index contributed by atoms with van der Waals surface area (Å²) in [5.74, 6) is -0.147. The first-order chi connectivity index (χ1) is 8.58. The lowest BCUT2D eigenvalue weighted by Crippen LogP contribution is -2.36. The number of aromatic nitrogens is 3. The fourth-order valence-corrected chi connectivity index (χ4v) is 1.93. The topological polar surface area (TPSA) is 85.3 Å². The third kappa shape index (κ3) is 2.65. The molecule has 96 valence electrons. The van der Waals surface area contributed by atoms with Crippen LogP contribution in [0.15, 0.2) is 24.8 Å². The van der Waals surface area contributed by atoms with Crippen molar-refractivity contribution in [1.82, 2.24) is 19.9 Å². The van der Waals surface area contributed by atoms with Gasteiger partial charge in [-0.05, 0) is 20.3 Å². The van der Waals surface area contributed by atoms with Crippen LogP contribution in [0.25, 0.3) is 5.52 Å². The second-order valence-corrected chi connectivity index (χ2v) is 4.55. The number of fused-ring (bicyclic) bond motifs is 1. The Morgan fingerprint density at radius 3 is 3.00 bits per heavy atom. The van der Waals surface area contributed by atoms with Crippen molar-refractivity contribution in [3.63, 3.8) is 0 Å². The Morgan fingerprint density at radius 2 is 2.28 bits per heavy atom. The molecule has 0 spiro atoms. The van der Waals surface area contributed by atoms with Crippen molar-refractivity contribution in [3.05, 3.63) is 30.4 Å². The Bertz CT molecular complexity index is 548. The summed E-state index contributed by atoms with van der Waals surface area (Å²) in [6.07, 6.45) is 7.24. The van der Waals surface area contributed by atoms with E-state index in [4.69, 9.17) is 5.73 Å². The minimum Gasteiger partial charge on any atom is -0.349 e. The maximum Gasteiger partial charge on any atom is 0.255 e. The summed E-state index contributed by atoms with van der Waals surface area (Å²) in [7, 11) is 0. The highest BCUT2D eigenvalue weighted by atomic mass is 16.1. The molecule has 18 heavy (non-hydrogen) atoms. The second kappa shape index (κ2) is 5.14. The summed E-state index contributed by atoms with van der Waals surface area (Å²) in [6.45, 7) is 3.85. The number of nitrogens with zero attached hydrogens (tertiary/aromatic N) is 3.